The van der Waals surface area contributed by atoms with Crippen molar-refractivity contribution < 1.29 is 19.0 Å². The van der Waals surface area contributed by atoms with Crippen molar-refractivity contribution in [2.75, 3.05) is 0 Å². The molecule has 0 spiro atoms. The second-order valence-corrected chi connectivity index (χ2v) is 6.96. The third-order valence-corrected chi connectivity index (χ3v) is 4.82. The van der Waals surface area contributed by atoms with Crippen LogP contribution in [0.15, 0.2) is 54.6 Å². The Kier molecular flexibility index (Phi) is 7.14. The Bertz CT molecular complexity index is 690. The fraction of sp³-hybridized carbons (Fsp3) is 0.435. The first-order valence-electron chi connectivity index (χ1n) is 9.88. The van der Waals surface area contributed by atoms with Gasteiger partial charge in [0.1, 0.15) is 24.2 Å². The van der Waals surface area contributed by atoms with E-state index in [1.807, 2.05) is 61.5 Å². The molecule has 0 N–H and O–H groups in total. The highest BCUT2D eigenvalue weighted by Crippen LogP contribution is 2.23. The first kappa shape index (κ1) is 19.3. The highest BCUT2D eigenvalue weighted by atomic mass is 16.6. The van der Waals surface area contributed by atoms with E-state index < -0.39 is 6.10 Å². The Hall–Kier alpha value is -2.49. The smallest absolute Gasteiger partial charge is 0.347 e. The molecule has 0 aromatic heterocycles. The molecule has 1 saturated carbocycles. The number of hydrogen-bond donors (Lipinski definition) is 0. The molecule has 0 amide bonds. The van der Waals surface area contributed by atoms with Crippen LogP contribution < -0.4 is 9.47 Å². The highest BCUT2D eigenvalue weighted by molar-refractivity contribution is 5.75. The largest absolute Gasteiger partial charge is 0.489 e. The van der Waals surface area contributed by atoms with Gasteiger partial charge in [-0.25, -0.2) is 4.79 Å². The van der Waals surface area contributed by atoms with Crippen molar-refractivity contribution >= 4 is 5.97 Å². The molecule has 2 aromatic rings. The number of carbonyl (C=O) groups excluding carboxylic acids is 1. The normalized spacial score (nSPS) is 15.7. The number of benzene rings is 2. The molecule has 1 atom stereocenters. The van der Waals surface area contributed by atoms with Crippen molar-refractivity contribution in [2.45, 2.75) is 64.3 Å². The summed E-state index contributed by atoms with van der Waals surface area (Å²) in [4.78, 5) is 12.4. The number of rotatable bonds is 8. The summed E-state index contributed by atoms with van der Waals surface area (Å²) in [5.41, 5.74) is 1.12. The molecular weight excluding hydrogens is 340 g/mol. The molecule has 27 heavy (non-hydrogen) atoms. The summed E-state index contributed by atoms with van der Waals surface area (Å²) in [6, 6.07) is 17.4. The molecule has 4 heteroatoms. The maximum absolute atomic E-state index is 12.4. The predicted octanol–water partition coefficient (Wildman–Crippen LogP) is 5.30. The van der Waals surface area contributed by atoms with Crippen molar-refractivity contribution in [3.05, 3.63) is 60.2 Å². The van der Waals surface area contributed by atoms with E-state index in [4.69, 9.17) is 14.2 Å². The average Bonchev–Trinajstić information content (AvgIpc) is 2.73. The van der Waals surface area contributed by atoms with Crippen LogP contribution in [0, 0.1) is 0 Å². The van der Waals surface area contributed by atoms with Gasteiger partial charge in [-0.2, -0.15) is 0 Å². The first-order valence-corrected chi connectivity index (χ1v) is 9.88. The van der Waals surface area contributed by atoms with Crippen molar-refractivity contribution in [1.29, 1.82) is 0 Å². The third kappa shape index (κ3) is 6.02. The van der Waals surface area contributed by atoms with Gasteiger partial charge in [-0.15, -0.1) is 0 Å². The number of esters is 1. The number of hydrogen-bond acceptors (Lipinski definition) is 4. The Morgan fingerprint density at radius 3 is 2.30 bits per heavy atom. The Morgan fingerprint density at radius 1 is 0.963 bits per heavy atom. The zero-order valence-electron chi connectivity index (χ0n) is 15.9. The minimum Gasteiger partial charge on any atom is -0.489 e. The van der Waals surface area contributed by atoms with Gasteiger partial charge in [-0.1, -0.05) is 43.7 Å². The Balaban J connectivity index is 1.50. The van der Waals surface area contributed by atoms with Crippen molar-refractivity contribution in [1.82, 2.24) is 0 Å². The van der Waals surface area contributed by atoms with Crippen molar-refractivity contribution in [3.8, 4) is 11.5 Å². The minimum atomic E-state index is -0.567. The highest BCUT2D eigenvalue weighted by Gasteiger charge is 2.25. The number of ether oxygens (including phenoxy) is 3. The lowest BCUT2D eigenvalue weighted by Gasteiger charge is -2.24. The van der Waals surface area contributed by atoms with Crippen LogP contribution in [0.3, 0.4) is 0 Å². The molecule has 0 aliphatic heterocycles. The second-order valence-electron chi connectivity index (χ2n) is 6.96. The van der Waals surface area contributed by atoms with Crippen LogP contribution >= 0.6 is 0 Å². The predicted molar refractivity (Wildman–Crippen MR) is 105 cm³/mol. The molecule has 3 rings (SSSR count). The van der Waals surface area contributed by atoms with Gasteiger partial charge in [0.05, 0.1) is 0 Å². The lowest BCUT2D eigenvalue weighted by Crippen LogP contribution is -2.32. The van der Waals surface area contributed by atoms with Gasteiger partial charge in [0.2, 0.25) is 0 Å². The maximum Gasteiger partial charge on any atom is 0.347 e. The molecule has 1 unspecified atom stereocenters. The topological polar surface area (TPSA) is 44.8 Å². The van der Waals surface area contributed by atoms with E-state index >= 15 is 0 Å². The zero-order valence-corrected chi connectivity index (χ0v) is 15.9. The first-order chi connectivity index (χ1) is 13.2. The van der Waals surface area contributed by atoms with E-state index in [1.54, 1.807) is 0 Å². The molecule has 1 fully saturated rings. The molecular formula is C23H28O4. The second kappa shape index (κ2) is 10.0. The van der Waals surface area contributed by atoms with Crippen LogP contribution in [0.5, 0.6) is 11.5 Å². The van der Waals surface area contributed by atoms with Crippen LogP contribution in [0.25, 0.3) is 0 Å². The SMILES string of the molecule is CCC(Oc1ccc(OCc2ccccc2)cc1)C(=O)OC1CCCCC1. The molecule has 0 radical (unpaired) electrons. The Labute approximate surface area is 161 Å². The zero-order chi connectivity index (χ0) is 18.9. The molecule has 0 heterocycles. The summed E-state index contributed by atoms with van der Waals surface area (Å²) in [5.74, 6) is 1.16. The lowest BCUT2D eigenvalue weighted by molar-refractivity contribution is -0.159. The van der Waals surface area contributed by atoms with Gasteiger partial charge in [-0.3, -0.25) is 0 Å². The summed E-state index contributed by atoms with van der Waals surface area (Å²) >= 11 is 0. The van der Waals surface area contributed by atoms with E-state index in [0.29, 0.717) is 18.8 Å². The summed E-state index contributed by atoms with van der Waals surface area (Å²) in [6.07, 6.45) is 5.52. The van der Waals surface area contributed by atoms with Crippen LogP contribution in [0.4, 0.5) is 0 Å². The van der Waals surface area contributed by atoms with Gasteiger partial charge in [0.25, 0.3) is 0 Å². The van der Waals surface area contributed by atoms with Gasteiger partial charge in [0.15, 0.2) is 6.10 Å². The quantitative estimate of drug-likeness (QED) is 0.593. The maximum atomic E-state index is 12.4. The molecule has 1 aliphatic carbocycles. The van der Waals surface area contributed by atoms with Crippen LogP contribution in [0.2, 0.25) is 0 Å². The fourth-order valence-electron chi connectivity index (χ4n) is 3.24. The molecule has 4 nitrogen and oxygen atoms in total. The minimum absolute atomic E-state index is 0.0534. The van der Waals surface area contributed by atoms with Gasteiger partial charge in [0, 0.05) is 0 Å². The molecule has 1 aliphatic rings. The monoisotopic (exact) mass is 368 g/mol. The summed E-state index contributed by atoms with van der Waals surface area (Å²) < 4.78 is 17.3. The van der Waals surface area contributed by atoms with Crippen molar-refractivity contribution in [3.63, 3.8) is 0 Å². The standard InChI is InChI=1S/C23H28O4/c1-2-22(23(24)27-20-11-7-4-8-12-20)26-21-15-13-19(14-16-21)25-17-18-9-5-3-6-10-18/h3,5-6,9-10,13-16,20,22H,2,4,7-8,11-12,17H2,1H3. The summed E-state index contributed by atoms with van der Waals surface area (Å²) in [7, 11) is 0. The molecule has 144 valence electrons. The van der Waals surface area contributed by atoms with Gasteiger partial charge < -0.3 is 14.2 Å². The van der Waals surface area contributed by atoms with E-state index in [1.165, 1.54) is 6.42 Å². The third-order valence-electron chi connectivity index (χ3n) is 4.82. The summed E-state index contributed by atoms with van der Waals surface area (Å²) in [5, 5.41) is 0. The fourth-order valence-corrected chi connectivity index (χ4v) is 3.24. The van der Waals surface area contributed by atoms with E-state index in [0.717, 1.165) is 37.0 Å². The van der Waals surface area contributed by atoms with Crippen LogP contribution in [-0.2, 0) is 16.1 Å². The van der Waals surface area contributed by atoms with Gasteiger partial charge >= 0.3 is 5.97 Å². The van der Waals surface area contributed by atoms with Crippen LogP contribution in [-0.4, -0.2) is 18.2 Å². The lowest BCUT2D eigenvalue weighted by atomic mass is 9.98. The van der Waals surface area contributed by atoms with Crippen molar-refractivity contribution in [2.24, 2.45) is 0 Å². The van der Waals surface area contributed by atoms with E-state index in [-0.39, 0.29) is 12.1 Å². The average molecular weight is 368 g/mol. The van der Waals surface area contributed by atoms with E-state index in [2.05, 4.69) is 0 Å². The number of carbonyl (C=O) groups is 1. The summed E-state index contributed by atoms with van der Waals surface area (Å²) in [6.45, 7) is 2.45. The molecule has 0 saturated heterocycles. The van der Waals surface area contributed by atoms with E-state index in [9.17, 15) is 4.79 Å². The molecule has 2 aromatic carbocycles. The Morgan fingerprint density at radius 2 is 1.63 bits per heavy atom. The molecule has 0 bridgehead atoms. The van der Waals surface area contributed by atoms with Gasteiger partial charge in [-0.05, 0) is 61.9 Å². The van der Waals surface area contributed by atoms with Crippen LogP contribution in [0.1, 0.15) is 51.0 Å².